The van der Waals surface area contributed by atoms with Crippen LogP contribution in [-0.2, 0) is 34.0 Å². The molecule has 202 valence electrons. The highest BCUT2D eigenvalue weighted by molar-refractivity contribution is 6.35. The number of amides is 3. The van der Waals surface area contributed by atoms with Gasteiger partial charge in [0.05, 0.1) is 18.1 Å². The zero-order valence-corrected chi connectivity index (χ0v) is 21.7. The molecular weight excluding hydrogens is 508 g/mol. The number of hydrogen-bond acceptors (Lipinski definition) is 7. The number of anilines is 3. The van der Waals surface area contributed by atoms with Crippen LogP contribution in [0.25, 0.3) is 0 Å². The summed E-state index contributed by atoms with van der Waals surface area (Å²) in [6.07, 6.45) is 2.36. The van der Waals surface area contributed by atoms with Crippen LogP contribution in [0, 0.1) is 0 Å². The highest BCUT2D eigenvalue weighted by Gasteiger charge is 2.32. The van der Waals surface area contributed by atoms with Crippen molar-refractivity contribution in [3.8, 4) is 0 Å². The van der Waals surface area contributed by atoms with Gasteiger partial charge in [-0.1, -0.05) is 72.8 Å². The second-order valence-electron chi connectivity index (χ2n) is 9.24. The maximum absolute atomic E-state index is 12.7. The Morgan fingerprint density at radius 2 is 1.23 bits per heavy atom. The van der Waals surface area contributed by atoms with E-state index in [2.05, 4.69) is 20.6 Å². The van der Waals surface area contributed by atoms with Crippen LogP contribution in [-0.4, -0.2) is 50.8 Å². The molecular formula is C30H28N6O4. The molecule has 5 rings (SSSR count). The Hall–Kier alpha value is -5.25. The van der Waals surface area contributed by atoms with Gasteiger partial charge in [0.25, 0.3) is 0 Å². The summed E-state index contributed by atoms with van der Waals surface area (Å²) in [6.45, 7) is 1.91. The van der Waals surface area contributed by atoms with E-state index >= 15 is 0 Å². The van der Waals surface area contributed by atoms with Gasteiger partial charge in [0.15, 0.2) is 0 Å². The molecule has 0 unspecified atom stereocenters. The molecule has 40 heavy (non-hydrogen) atoms. The lowest BCUT2D eigenvalue weighted by atomic mass is 10.1. The minimum Gasteiger partial charge on any atom is -0.444 e. The molecule has 0 radical (unpaired) electrons. The Kier molecular flexibility index (Phi) is 8.26. The first kappa shape index (κ1) is 26.4. The van der Waals surface area contributed by atoms with E-state index < -0.39 is 17.9 Å². The van der Waals surface area contributed by atoms with E-state index in [9.17, 15) is 14.4 Å². The second kappa shape index (κ2) is 12.5. The third-order valence-electron chi connectivity index (χ3n) is 6.31. The largest absolute Gasteiger partial charge is 0.444 e. The lowest BCUT2D eigenvalue weighted by Crippen LogP contribution is -2.53. The smallest absolute Gasteiger partial charge is 0.412 e. The average molecular weight is 537 g/mol. The van der Waals surface area contributed by atoms with E-state index in [0.717, 1.165) is 22.4 Å². The molecule has 10 heteroatoms. The number of carbonyl (C=O) groups is 3. The highest BCUT2D eigenvalue weighted by atomic mass is 16.5. The van der Waals surface area contributed by atoms with Crippen molar-refractivity contribution in [3.63, 3.8) is 0 Å². The molecule has 1 aliphatic rings. The third kappa shape index (κ3) is 6.98. The summed E-state index contributed by atoms with van der Waals surface area (Å²) in [5.74, 6) is -0.616. The van der Waals surface area contributed by atoms with Gasteiger partial charge in [-0.3, -0.25) is 14.9 Å². The fraction of sp³-hybridized carbons (Fsp3) is 0.167. The van der Waals surface area contributed by atoms with E-state index in [4.69, 9.17) is 4.74 Å². The molecule has 1 fully saturated rings. The first-order chi connectivity index (χ1) is 19.5. The molecule has 0 saturated carbocycles. The summed E-state index contributed by atoms with van der Waals surface area (Å²) in [5.41, 5.74) is 3.94. The lowest BCUT2D eigenvalue weighted by molar-refractivity contribution is -0.156. The summed E-state index contributed by atoms with van der Waals surface area (Å²) in [6, 6.07) is 26.5. The molecule has 0 spiro atoms. The topological polar surface area (TPSA) is 117 Å². The standard InChI is InChI=1S/C30H28N6O4/c37-27-28(38)36(16-15-35(27)19-22-7-3-1-4-8-22)20-23-11-13-25(14-12-23)33-29-31-17-26(18-32-29)34-30(39)40-21-24-9-5-2-6-10-24/h1-14,17-18H,15-16,19-21H2,(H,34,39)(H,31,32,33). The van der Waals surface area contributed by atoms with Crippen molar-refractivity contribution < 1.29 is 19.1 Å². The molecule has 1 aliphatic heterocycles. The van der Waals surface area contributed by atoms with Gasteiger partial charge in [-0.25, -0.2) is 14.8 Å². The SMILES string of the molecule is O=C(Nc1cnc(Nc2ccc(CN3CCN(Cc4ccccc4)C(=O)C3=O)cc2)nc1)OCc1ccccc1. The molecule has 10 nitrogen and oxygen atoms in total. The number of piperazine rings is 1. The van der Waals surface area contributed by atoms with Crippen LogP contribution in [0.2, 0.25) is 0 Å². The van der Waals surface area contributed by atoms with Crippen molar-refractivity contribution >= 4 is 35.2 Å². The molecule has 3 aromatic carbocycles. The Bertz CT molecular complexity index is 1450. The summed E-state index contributed by atoms with van der Waals surface area (Å²) in [5, 5.41) is 5.70. The van der Waals surface area contributed by atoms with Crippen LogP contribution < -0.4 is 10.6 Å². The monoisotopic (exact) mass is 536 g/mol. The molecule has 0 atom stereocenters. The van der Waals surface area contributed by atoms with Gasteiger partial charge in [0.1, 0.15) is 6.61 Å². The summed E-state index contributed by atoms with van der Waals surface area (Å²) in [4.78, 5) is 49.0. The number of carbonyl (C=O) groups excluding carboxylic acids is 3. The van der Waals surface area contributed by atoms with Crippen LogP contribution >= 0.6 is 0 Å². The van der Waals surface area contributed by atoms with Crippen molar-refractivity contribution in [1.29, 1.82) is 0 Å². The van der Waals surface area contributed by atoms with Gasteiger partial charge in [-0.2, -0.15) is 0 Å². The van der Waals surface area contributed by atoms with Crippen LogP contribution in [0.4, 0.5) is 22.1 Å². The zero-order chi connectivity index (χ0) is 27.7. The van der Waals surface area contributed by atoms with Crippen LogP contribution in [0.5, 0.6) is 0 Å². The number of nitrogens with zero attached hydrogens (tertiary/aromatic N) is 4. The molecule has 0 bridgehead atoms. The number of benzene rings is 3. The van der Waals surface area contributed by atoms with E-state index in [0.29, 0.717) is 37.8 Å². The van der Waals surface area contributed by atoms with E-state index in [1.54, 1.807) is 9.80 Å². The predicted molar refractivity (Wildman–Crippen MR) is 149 cm³/mol. The molecule has 1 aromatic heterocycles. The highest BCUT2D eigenvalue weighted by Crippen LogP contribution is 2.18. The van der Waals surface area contributed by atoms with Crippen molar-refractivity contribution in [2.75, 3.05) is 23.7 Å². The van der Waals surface area contributed by atoms with Crippen LogP contribution in [0.3, 0.4) is 0 Å². The average Bonchev–Trinajstić information content (AvgIpc) is 2.99. The Morgan fingerprint density at radius 1 is 0.700 bits per heavy atom. The Balaban J connectivity index is 1.09. The van der Waals surface area contributed by atoms with E-state index in [1.807, 2.05) is 84.9 Å². The van der Waals surface area contributed by atoms with Gasteiger partial charge in [-0.15, -0.1) is 0 Å². The van der Waals surface area contributed by atoms with Crippen molar-refractivity contribution in [2.45, 2.75) is 19.7 Å². The van der Waals surface area contributed by atoms with Gasteiger partial charge in [0.2, 0.25) is 5.95 Å². The number of rotatable bonds is 9. The molecule has 4 aromatic rings. The van der Waals surface area contributed by atoms with Crippen molar-refractivity contribution in [2.24, 2.45) is 0 Å². The summed E-state index contributed by atoms with van der Waals surface area (Å²) < 4.78 is 5.20. The number of nitrogens with one attached hydrogen (secondary N) is 2. The third-order valence-corrected chi connectivity index (χ3v) is 6.31. The lowest BCUT2D eigenvalue weighted by Gasteiger charge is -2.33. The molecule has 2 heterocycles. The summed E-state index contributed by atoms with van der Waals surface area (Å²) >= 11 is 0. The Morgan fingerprint density at radius 3 is 1.80 bits per heavy atom. The van der Waals surface area contributed by atoms with Gasteiger partial charge in [0, 0.05) is 31.9 Å². The van der Waals surface area contributed by atoms with Gasteiger partial charge >= 0.3 is 17.9 Å². The number of hydrogen-bond donors (Lipinski definition) is 2. The zero-order valence-electron chi connectivity index (χ0n) is 21.7. The first-order valence-corrected chi connectivity index (χ1v) is 12.8. The van der Waals surface area contributed by atoms with Gasteiger partial charge in [-0.05, 0) is 28.8 Å². The van der Waals surface area contributed by atoms with Gasteiger partial charge < -0.3 is 19.9 Å². The van der Waals surface area contributed by atoms with Crippen molar-refractivity contribution in [1.82, 2.24) is 19.8 Å². The fourth-order valence-corrected chi connectivity index (χ4v) is 4.20. The molecule has 2 N–H and O–H groups in total. The van der Waals surface area contributed by atoms with Crippen molar-refractivity contribution in [3.05, 3.63) is 114 Å². The van der Waals surface area contributed by atoms with E-state index in [-0.39, 0.29) is 6.61 Å². The molecule has 1 saturated heterocycles. The van der Waals surface area contributed by atoms with Crippen LogP contribution in [0.1, 0.15) is 16.7 Å². The summed E-state index contributed by atoms with van der Waals surface area (Å²) in [7, 11) is 0. The fourth-order valence-electron chi connectivity index (χ4n) is 4.20. The maximum atomic E-state index is 12.7. The second-order valence-corrected chi connectivity index (χ2v) is 9.24. The molecule has 0 aliphatic carbocycles. The first-order valence-electron chi connectivity index (χ1n) is 12.8. The quantitative estimate of drug-likeness (QED) is 0.306. The van der Waals surface area contributed by atoms with Crippen LogP contribution in [0.15, 0.2) is 97.3 Å². The molecule has 3 amide bonds. The maximum Gasteiger partial charge on any atom is 0.412 e. The minimum atomic E-state index is -0.596. The van der Waals surface area contributed by atoms with E-state index in [1.165, 1.54) is 12.4 Å². The number of aromatic nitrogens is 2. The Labute approximate surface area is 231 Å². The number of ether oxygens (including phenoxy) is 1. The minimum absolute atomic E-state index is 0.165. The predicted octanol–water partition coefficient (Wildman–Crippen LogP) is 4.34. The normalized spacial score (nSPS) is 13.2.